The van der Waals surface area contributed by atoms with Crippen LogP contribution in [0, 0.1) is 0 Å². The number of pyridine rings is 1. The summed E-state index contributed by atoms with van der Waals surface area (Å²) in [5.74, 6) is 3.29. The Bertz CT molecular complexity index is 791. The lowest BCUT2D eigenvalue weighted by Gasteiger charge is -2.31. The van der Waals surface area contributed by atoms with E-state index in [0.29, 0.717) is 18.3 Å². The molecule has 0 radical (unpaired) electrons. The topological polar surface area (TPSA) is 64.3 Å². The van der Waals surface area contributed by atoms with Crippen molar-refractivity contribution in [3.63, 3.8) is 0 Å². The average Bonchev–Trinajstić information content (AvgIpc) is 3.17. The fourth-order valence-corrected chi connectivity index (χ4v) is 3.08. The van der Waals surface area contributed by atoms with Crippen LogP contribution in [0.15, 0.2) is 59.3 Å². The first kappa shape index (κ1) is 15.6. The van der Waals surface area contributed by atoms with E-state index in [9.17, 15) is 0 Å². The second-order valence-electron chi connectivity index (χ2n) is 6.12. The van der Waals surface area contributed by atoms with Crippen molar-refractivity contribution in [1.82, 2.24) is 15.1 Å². The molecule has 0 bridgehead atoms. The van der Waals surface area contributed by atoms with Gasteiger partial charge in [-0.25, -0.2) is 4.98 Å². The largest absolute Gasteiger partial charge is 0.485 e. The van der Waals surface area contributed by atoms with Gasteiger partial charge in [0.25, 0.3) is 0 Å². The molecule has 1 saturated heterocycles. The SMILES string of the molecule is c1ccc(OCc2noc([C@@H]3CCCN(c4ccccn4)C3)n2)cc1. The summed E-state index contributed by atoms with van der Waals surface area (Å²) in [6.07, 6.45) is 3.95. The highest BCUT2D eigenvalue weighted by atomic mass is 16.5. The van der Waals surface area contributed by atoms with Crippen molar-refractivity contribution in [2.24, 2.45) is 0 Å². The molecule has 1 aliphatic heterocycles. The number of piperidine rings is 1. The Hall–Kier alpha value is -2.89. The molecule has 1 atom stereocenters. The molecule has 25 heavy (non-hydrogen) atoms. The number of para-hydroxylation sites is 1. The van der Waals surface area contributed by atoms with Gasteiger partial charge in [-0.15, -0.1) is 0 Å². The van der Waals surface area contributed by atoms with Gasteiger partial charge in [0.1, 0.15) is 11.6 Å². The third-order valence-corrected chi connectivity index (χ3v) is 4.34. The Balaban J connectivity index is 1.39. The van der Waals surface area contributed by atoms with Gasteiger partial charge in [-0.3, -0.25) is 0 Å². The smallest absolute Gasteiger partial charge is 0.231 e. The summed E-state index contributed by atoms with van der Waals surface area (Å²) in [6.45, 7) is 2.16. The third kappa shape index (κ3) is 3.79. The standard InChI is InChI=1S/C19H20N4O2/c1-2-8-16(9-3-1)24-14-17-21-19(25-22-17)15-7-6-12-23(13-15)18-10-4-5-11-20-18/h1-5,8-11,15H,6-7,12-14H2/t15-/m1/s1. The van der Waals surface area contributed by atoms with Crippen molar-refractivity contribution in [1.29, 1.82) is 0 Å². The first-order chi connectivity index (χ1) is 12.4. The number of hydrogen-bond donors (Lipinski definition) is 0. The van der Waals surface area contributed by atoms with Crippen molar-refractivity contribution in [3.05, 3.63) is 66.4 Å². The molecule has 0 unspecified atom stereocenters. The number of nitrogens with zero attached hydrogens (tertiary/aromatic N) is 4. The summed E-state index contributed by atoms with van der Waals surface area (Å²) < 4.78 is 11.2. The van der Waals surface area contributed by atoms with Crippen LogP contribution >= 0.6 is 0 Å². The summed E-state index contributed by atoms with van der Waals surface area (Å²) in [5, 5.41) is 4.06. The first-order valence-electron chi connectivity index (χ1n) is 8.55. The zero-order chi connectivity index (χ0) is 16.9. The fraction of sp³-hybridized carbons (Fsp3) is 0.316. The second-order valence-corrected chi connectivity index (χ2v) is 6.12. The van der Waals surface area contributed by atoms with Crippen molar-refractivity contribution in [3.8, 4) is 5.75 Å². The lowest BCUT2D eigenvalue weighted by molar-refractivity contribution is 0.282. The van der Waals surface area contributed by atoms with E-state index in [1.165, 1.54) is 0 Å². The summed E-state index contributed by atoms with van der Waals surface area (Å²) in [4.78, 5) is 11.2. The highest BCUT2D eigenvalue weighted by Crippen LogP contribution is 2.28. The predicted molar refractivity (Wildman–Crippen MR) is 93.5 cm³/mol. The minimum absolute atomic E-state index is 0.230. The normalized spacial score (nSPS) is 17.4. The maximum absolute atomic E-state index is 5.68. The van der Waals surface area contributed by atoms with Crippen LogP contribution in [0.5, 0.6) is 5.75 Å². The molecule has 0 saturated carbocycles. The lowest BCUT2D eigenvalue weighted by Crippen LogP contribution is -2.35. The Kier molecular flexibility index (Phi) is 4.59. The van der Waals surface area contributed by atoms with Crippen molar-refractivity contribution >= 4 is 5.82 Å². The van der Waals surface area contributed by atoms with Crippen LogP contribution in [0.25, 0.3) is 0 Å². The van der Waals surface area contributed by atoms with Crippen LogP contribution in [0.4, 0.5) is 5.82 Å². The molecule has 4 rings (SSSR count). The fourth-order valence-electron chi connectivity index (χ4n) is 3.08. The van der Waals surface area contributed by atoms with Crippen molar-refractivity contribution < 1.29 is 9.26 Å². The molecule has 0 amide bonds. The highest BCUT2D eigenvalue weighted by Gasteiger charge is 2.26. The molecular formula is C19H20N4O2. The van der Waals surface area contributed by atoms with E-state index < -0.39 is 0 Å². The summed E-state index contributed by atoms with van der Waals surface area (Å²) in [7, 11) is 0. The molecule has 2 aromatic heterocycles. The molecule has 6 nitrogen and oxygen atoms in total. The Morgan fingerprint density at radius 2 is 2.00 bits per heavy atom. The van der Waals surface area contributed by atoms with E-state index in [-0.39, 0.29) is 5.92 Å². The lowest BCUT2D eigenvalue weighted by atomic mass is 9.98. The van der Waals surface area contributed by atoms with Crippen LogP contribution in [0.1, 0.15) is 30.5 Å². The average molecular weight is 336 g/mol. The number of benzene rings is 1. The molecule has 1 aromatic carbocycles. The first-order valence-corrected chi connectivity index (χ1v) is 8.55. The number of aromatic nitrogens is 3. The summed E-state index contributed by atoms with van der Waals surface area (Å²) >= 11 is 0. The zero-order valence-electron chi connectivity index (χ0n) is 13.9. The maximum Gasteiger partial charge on any atom is 0.231 e. The summed E-state index contributed by atoms with van der Waals surface area (Å²) in [6, 6.07) is 15.6. The van der Waals surface area contributed by atoms with Gasteiger partial charge >= 0.3 is 0 Å². The molecule has 128 valence electrons. The minimum Gasteiger partial charge on any atom is -0.485 e. The number of anilines is 1. The molecule has 0 spiro atoms. The van der Waals surface area contributed by atoms with E-state index in [2.05, 4.69) is 20.0 Å². The molecular weight excluding hydrogens is 316 g/mol. The molecule has 0 aliphatic carbocycles. The minimum atomic E-state index is 0.230. The molecule has 1 aliphatic rings. The quantitative estimate of drug-likeness (QED) is 0.711. The molecule has 1 fully saturated rings. The molecule has 6 heteroatoms. The number of rotatable bonds is 5. The van der Waals surface area contributed by atoms with Gasteiger partial charge in [0.05, 0.1) is 5.92 Å². The van der Waals surface area contributed by atoms with Crippen LogP contribution in [0.3, 0.4) is 0 Å². The van der Waals surface area contributed by atoms with E-state index in [0.717, 1.165) is 37.5 Å². The monoisotopic (exact) mass is 336 g/mol. The number of hydrogen-bond acceptors (Lipinski definition) is 6. The van der Waals surface area contributed by atoms with Crippen LogP contribution < -0.4 is 9.64 Å². The van der Waals surface area contributed by atoms with Gasteiger partial charge in [-0.1, -0.05) is 29.4 Å². The van der Waals surface area contributed by atoms with Crippen LogP contribution in [-0.2, 0) is 6.61 Å². The molecule has 3 aromatic rings. The summed E-state index contributed by atoms with van der Waals surface area (Å²) in [5.41, 5.74) is 0. The second kappa shape index (κ2) is 7.34. The predicted octanol–water partition coefficient (Wildman–Crippen LogP) is 3.43. The van der Waals surface area contributed by atoms with E-state index in [1.54, 1.807) is 0 Å². The van der Waals surface area contributed by atoms with Crippen molar-refractivity contribution in [2.75, 3.05) is 18.0 Å². The van der Waals surface area contributed by atoms with E-state index >= 15 is 0 Å². The van der Waals surface area contributed by atoms with Gasteiger partial charge in [0.2, 0.25) is 11.7 Å². The van der Waals surface area contributed by atoms with Crippen LogP contribution in [0.2, 0.25) is 0 Å². The molecule has 3 heterocycles. The van der Waals surface area contributed by atoms with Gasteiger partial charge in [0, 0.05) is 19.3 Å². The van der Waals surface area contributed by atoms with Gasteiger partial charge in [-0.05, 0) is 37.1 Å². The van der Waals surface area contributed by atoms with Gasteiger partial charge in [0.15, 0.2) is 6.61 Å². The van der Waals surface area contributed by atoms with E-state index in [1.807, 2.05) is 54.7 Å². The van der Waals surface area contributed by atoms with Crippen molar-refractivity contribution in [2.45, 2.75) is 25.4 Å². The van der Waals surface area contributed by atoms with E-state index in [4.69, 9.17) is 9.26 Å². The number of ether oxygens (including phenoxy) is 1. The van der Waals surface area contributed by atoms with Gasteiger partial charge in [-0.2, -0.15) is 4.98 Å². The highest BCUT2D eigenvalue weighted by molar-refractivity contribution is 5.38. The maximum atomic E-state index is 5.68. The Morgan fingerprint density at radius 1 is 1.12 bits per heavy atom. The van der Waals surface area contributed by atoms with Gasteiger partial charge < -0.3 is 14.2 Å². The third-order valence-electron chi connectivity index (χ3n) is 4.34. The Morgan fingerprint density at radius 3 is 2.84 bits per heavy atom. The zero-order valence-corrected chi connectivity index (χ0v) is 13.9. The van der Waals surface area contributed by atoms with Crippen LogP contribution in [-0.4, -0.2) is 28.2 Å². The molecule has 0 N–H and O–H groups in total. The Labute approximate surface area is 146 Å².